The largest absolute Gasteiger partial charge is 0.281 e. The van der Waals surface area contributed by atoms with E-state index in [9.17, 15) is 9.59 Å². The summed E-state index contributed by atoms with van der Waals surface area (Å²) in [5, 5.41) is 12.5. The van der Waals surface area contributed by atoms with Crippen molar-refractivity contribution in [1.29, 1.82) is 0 Å². The molecular formula is C14H17N7O2S2. The van der Waals surface area contributed by atoms with Gasteiger partial charge in [0.05, 0.1) is 17.2 Å². The molecule has 25 heavy (non-hydrogen) atoms. The molecule has 132 valence electrons. The van der Waals surface area contributed by atoms with E-state index in [1.165, 1.54) is 29.4 Å². The maximum absolute atomic E-state index is 12.5. The van der Waals surface area contributed by atoms with Crippen molar-refractivity contribution in [1.82, 2.24) is 29.9 Å². The molecule has 9 nitrogen and oxygen atoms in total. The molecule has 1 N–H and O–H groups in total. The summed E-state index contributed by atoms with van der Waals surface area (Å²) in [5.74, 6) is -0.254. The van der Waals surface area contributed by atoms with E-state index in [-0.39, 0.29) is 23.3 Å². The number of nitrogens with zero attached hydrogens (tertiary/aromatic N) is 6. The highest BCUT2D eigenvalue weighted by atomic mass is 32.2. The highest BCUT2D eigenvalue weighted by Crippen LogP contribution is 2.25. The van der Waals surface area contributed by atoms with Gasteiger partial charge in [0.2, 0.25) is 11.1 Å². The number of carbonyl (C=O) groups excluding carboxylic acids is 1. The van der Waals surface area contributed by atoms with Gasteiger partial charge in [-0.05, 0) is 43.7 Å². The molecule has 0 aromatic carbocycles. The van der Waals surface area contributed by atoms with Gasteiger partial charge in [-0.2, -0.15) is 0 Å². The van der Waals surface area contributed by atoms with Gasteiger partial charge in [0.25, 0.3) is 5.56 Å². The van der Waals surface area contributed by atoms with Crippen molar-refractivity contribution >= 4 is 39.2 Å². The Morgan fingerprint density at radius 1 is 1.40 bits per heavy atom. The van der Waals surface area contributed by atoms with Gasteiger partial charge in [-0.1, -0.05) is 11.8 Å². The Bertz CT molecular complexity index is 989. The molecule has 0 fully saturated rings. The van der Waals surface area contributed by atoms with Crippen molar-refractivity contribution < 1.29 is 4.79 Å². The van der Waals surface area contributed by atoms with Crippen molar-refractivity contribution in [3.05, 3.63) is 27.1 Å². The first-order valence-electron chi connectivity index (χ1n) is 7.56. The molecule has 3 rings (SSSR count). The van der Waals surface area contributed by atoms with Crippen molar-refractivity contribution in [2.45, 2.75) is 38.9 Å². The van der Waals surface area contributed by atoms with Gasteiger partial charge in [0, 0.05) is 4.88 Å². The van der Waals surface area contributed by atoms with Crippen molar-refractivity contribution in [3.63, 3.8) is 0 Å². The summed E-state index contributed by atoms with van der Waals surface area (Å²) in [6, 6.07) is 0.0968. The molecule has 3 aromatic rings. The second-order valence-corrected chi connectivity index (χ2v) is 7.85. The van der Waals surface area contributed by atoms with E-state index in [1.54, 1.807) is 4.68 Å². The number of amides is 1. The molecule has 0 atom stereocenters. The fourth-order valence-corrected chi connectivity index (χ4v) is 4.00. The molecule has 0 aliphatic carbocycles. The lowest BCUT2D eigenvalue weighted by Gasteiger charge is -2.09. The lowest BCUT2D eigenvalue weighted by Crippen LogP contribution is -2.34. The lowest BCUT2D eigenvalue weighted by molar-refractivity contribution is -0.114. The van der Waals surface area contributed by atoms with Crippen LogP contribution in [0.15, 0.2) is 16.3 Å². The topological polar surface area (TPSA) is 108 Å². The van der Waals surface area contributed by atoms with Crippen LogP contribution >= 0.6 is 23.1 Å². The van der Waals surface area contributed by atoms with Crippen LogP contribution in [0, 0.1) is 13.8 Å². The fraction of sp³-hybridized carbons (Fsp3) is 0.429. The van der Waals surface area contributed by atoms with Crippen LogP contribution in [-0.4, -0.2) is 41.5 Å². The van der Waals surface area contributed by atoms with E-state index in [4.69, 9.17) is 0 Å². The number of thiophene rings is 1. The van der Waals surface area contributed by atoms with Crippen LogP contribution in [-0.2, 0) is 4.79 Å². The van der Waals surface area contributed by atoms with Crippen LogP contribution in [0.2, 0.25) is 0 Å². The van der Waals surface area contributed by atoms with Gasteiger partial charge < -0.3 is 0 Å². The van der Waals surface area contributed by atoms with E-state index in [0.29, 0.717) is 15.4 Å². The van der Waals surface area contributed by atoms with Gasteiger partial charge in [-0.3, -0.25) is 15.0 Å². The number of thioether (sulfide) groups is 1. The zero-order valence-electron chi connectivity index (χ0n) is 14.2. The zero-order chi connectivity index (χ0) is 18.1. The van der Waals surface area contributed by atoms with Gasteiger partial charge in [-0.15, -0.1) is 16.4 Å². The third kappa shape index (κ3) is 3.42. The zero-order valence-corrected chi connectivity index (χ0v) is 15.8. The maximum Gasteiger partial charge on any atom is 0.281 e. The molecule has 11 heteroatoms. The smallest absolute Gasteiger partial charge is 0.272 e. The molecule has 1 amide bonds. The molecular weight excluding hydrogens is 362 g/mol. The minimum absolute atomic E-state index is 0.0826. The minimum atomic E-state index is -0.337. The maximum atomic E-state index is 12.5. The Morgan fingerprint density at radius 3 is 2.88 bits per heavy atom. The van der Waals surface area contributed by atoms with Gasteiger partial charge in [0.15, 0.2) is 0 Å². The fourth-order valence-electron chi connectivity index (χ4n) is 2.22. The van der Waals surface area contributed by atoms with E-state index in [2.05, 4.69) is 25.9 Å². The van der Waals surface area contributed by atoms with Crippen LogP contribution in [0.1, 0.15) is 30.3 Å². The highest BCUT2D eigenvalue weighted by molar-refractivity contribution is 7.99. The quantitative estimate of drug-likeness (QED) is 0.669. The summed E-state index contributed by atoms with van der Waals surface area (Å²) in [7, 11) is 0. The molecule has 0 unspecified atom stereocenters. The molecule has 0 spiro atoms. The second-order valence-electron chi connectivity index (χ2n) is 5.71. The van der Waals surface area contributed by atoms with Gasteiger partial charge in [0.1, 0.15) is 11.2 Å². The molecule has 0 saturated carbocycles. The number of nitrogens with one attached hydrogen (secondary N) is 1. The molecule has 0 radical (unpaired) electrons. The summed E-state index contributed by atoms with van der Waals surface area (Å²) >= 11 is 2.67. The first-order chi connectivity index (χ1) is 11.9. The SMILES string of the molecule is Cc1sc2ncn(NC(=O)CSc3nnnn3C(C)C)c(=O)c2c1C. The number of rotatable bonds is 5. The Balaban J connectivity index is 1.74. The predicted octanol–water partition coefficient (Wildman–Crippen LogP) is 1.50. The van der Waals surface area contributed by atoms with Crippen LogP contribution in [0.3, 0.4) is 0 Å². The van der Waals surface area contributed by atoms with Gasteiger partial charge >= 0.3 is 0 Å². The number of aromatic nitrogens is 6. The number of aryl methyl sites for hydroxylation is 2. The summed E-state index contributed by atoms with van der Waals surface area (Å²) in [4.78, 5) is 30.7. The van der Waals surface area contributed by atoms with Crippen LogP contribution < -0.4 is 11.0 Å². The number of carbonyl (C=O) groups is 1. The standard InChI is InChI=1S/C14H17N7O2S2/c1-7(2)21-14(16-18-19-21)24-5-10(22)17-20-6-15-12-11(13(20)23)8(3)9(4)25-12/h6-7H,5H2,1-4H3,(H,17,22). The first kappa shape index (κ1) is 17.5. The first-order valence-corrected chi connectivity index (χ1v) is 9.36. The molecule has 0 bridgehead atoms. The molecule has 0 saturated heterocycles. The summed E-state index contributed by atoms with van der Waals surface area (Å²) in [5.41, 5.74) is 3.17. The molecule has 0 aliphatic heterocycles. The van der Waals surface area contributed by atoms with Crippen LogP contribution in [0.4, 0.5) is 0 Å². The van der Waals surface area contributed by atoms with Crippen molar-refractivity contribution in [3.8, 4) is 0 Å². The molecule has 3 aromatic heterocycles. The van der Waals surface area contributed by atoms with Crippen molar-refractivity contribution in [2.75, 3.05) is 11.2 Å². The number of tetrazole rings is 1. The third-order valence-corrected chi connectivity index (χ3v) is 5.67. The summed E-state index contributed by atoms with van der Waals surface area (Å²) in [6.07, 6.45) is 1.33. The van der Waals surface area contributed by atoms with E-state index in [0.717, 1.165) is 15.1 Å². The molecule has 3 heterocycles. The lowest BCUT2D eigenvalue weighted by atomic mass is 10.2. The average molecular weight is 379 g/mol. The average Bonchev–Trinajstić information content (AvgIpc) is 3.14. The normalized spacial score (nSPS) is 11.4. The number of hydrogen-bond acceptors (Lipinski definition) is 8. The van der Waals surface area contributed by atoms with Crippen LogP contribution in [0.5, 0.6) is 0 Å². The monoisotopic (exact) mass is 379 g/mol. The van der Waals surface area contributed by atoms with E-state index >= 15 is 0 Å². The highest BCUT2D eigenvalue weighted by Gasteiger charge is 2.15. The summed E-state index contributed by atoms with van der Waals surface area (Å²) in [6.45, 7) is 7.73. The predicted molar refractivity (Wildman–Crippen MR) is 96.6 cm³/mol. The Hall–Kier alpha value is -2.27. The second kappa shape index (κ2) is 6.92. The van der Waals surface area contributed by atoms with E-state index < -0.39 is 0 Å². The van der Waals surface area contributed by atoms with Crippen LogP contribution in [0.25, 0.3) is 10.2 Å². The van der Waals surface area contributed by atoms with E-state index in [1.807, 2.05) is 27.7 Å². The Labute approximate surface area is 151 Å². The Morgan fingerprint density at radius 2 is 2.16 bits per heavy atom. The molecule has 0 aliphatic rings. The summed E-state index contributed by atoms with van der Waals surface area (Å²) < 4.78 is 2.75. The minimum Gasteiger partial charge on any atom is -0.272 e. The third-order valence-electron chi connectivity index (χ3n) is 3.62. The Kier molecular flexibility index (Phi) is 4.86. The van der Waals surface area contributed by atoms with Gasteiger partial charge in [-0.25, -0.2) is 14.3 Å². The number of fused-ring (bicyclic) bond motifs is 1. The van der Waals surface area contributed by atoms with Crippen molar-refractivity contribution in [2.24, 2.45) is 0 Å². The number of hydrogen-bond donors (Lipinski definition) is 1.